The number of aromatic nitrogens is 3. The molecule has 0 aliphatic heterocycles. The number of hydrogen-bond acceptors (Lipinski definition) is 7. The first-order chi connectivity index (χ1) is 16.1. The van der Waals surface area contributed by atoms with Crippen molar-refractivity contribution in [2.24, 2.45) is 0 Å². The summed E-state index contributed by atoms with van der Waals surface area (Å²) in [5.74, 6) is 0.877. The fourth-order valence-electron chi connectivity index (χ4n) is 3.27. The van der Waals surface area contributed by atoms with Crippen molar-refractivity contribution < 1.29 is 14.3 Å². The van der Waals surface area contributed by atoms with Crippen LogP contribution >= 0.6 is 11.3 Å². The molecule has 0 saturated heterocycles. The largest absolute Gasteiger partial charge is 0.491 e. The maximum Gasteiger partial charge on any atom is 0.287 e. The Morgan fingerprint density at radius 1 is 1.03 bits per heavy atom. The second-order valence-corrected chi connectivity index (χ2v) is 8.43. The van der Waals surface area contributed by atoms with Crippen LogP contribution in [0, 0.1) is 6.92 Å². The molecule has 1 N–H and O–H groups in total. The zero-order valence-electron chi connectivity index (χ0n) is 18.4. The van der Waals surface area contributed by atoms with Crippen molar-refractivity contribution in [2.45, 2.75) is 13.3 Å². The fraction of sp³-hybridized carbons (Fsp3) is 0.200. The maximum absolute atomic E-state index is 12.7. The van der Waals surface area contributed by atoms with E-state index in [1.807, 2.05) is 67.6 Å². The van der Waals surface area contributed by atoms with E-state index in [1.54, 1.807) is 13.3 Å². The molecule has 0 radical (unpaired) electrons. The number of aryl methyl sites for hydroxylation is 1. The van der Waals surface area contributed by atoms with E-state index in [9.17, 15) is 4.79 Å². The summed E-state index contributed by atoms with van der Waals surface area (Å²) in [5, 5.41) is 12.1. The summed E-state index contributed by atoms with van der Waals surface area (Å²) in [6, 6.07) is 19.6. The van der Waals surface area contributed by atoms with Crippen LogP contribution in [0.2, 0.25) is 0 Å². The number of amides is 1. The van der Waals surface area contributed by atoms with Crippen LogP contribution in [0.25, 0.3) is 11.1 Å². The fourth-order valence-corrected chi connectivity index (χ4v) is 4.04. The molecule has 0 fully saturated rings. The number of anilines is 1. The molecule has 168 valence electrons. The molecule has 33 heavy (non-hydrogen) atoms. The molecule has 0 saturated carbocycles. The SMILES string of the molecule is COCCOc1ccc(C)c(-c2ccnc(NC(=O)c3nnc(Cc4ccccc4)s3)c2)c1. The third-order valence-electron chi connectivity index (χ3n) is 4.94. The number of carbonyl (C=O) groups is 1. The summed E-state index contributed by atoms with van der Waals surface area (Å²) in [5.41, 5.74) is 4.15. The highest BCUT2D eigenvalue weighted by Crippen LogP contribution is 2.29. The lowest BCUT2D eigenvalue weighted by Gasteiger charge is -2.11. The monoisotopic (exact) mass is 460 g/mol. The smallest absolute Gasteiger partial charge is 0.287 e. The van der Waals surface area contributed by atoms with E-state index in [2.05, 4.69) is 20.5 Å². The minimum atomic E-state index is -0.329. The van der Waals surface area contributed by atoms with Crippen molar-refractivity contribution in [2.75, 3.05) is 25.6 Å². The van der Waals surface area contributed by atoms with Crippen molar-refractivity contribution in [1.82, 2.24) is 15.2 Å². The van der Waals surface area contributed by atoms with Gasteiger partial charge in [0.2, 0.25) is 5.01 Å². The first-order valence-corrected chi connectivity index (χ1v) is 11.3. The van der Waals surface area contributed by atoms with E-state index in [0.717, 1.165) is 33.0 Å². The highest BCUT2D eigenvalue weighted by atomic mass is 32.1. The predicted octanol–water partition coefficient (Wildman–Crippen LogP) is 4.78. The topological polar surface area (TPSA) is 86.2 Å². The number of pyridine rings is 1. The second kappa shape index (κ2) is 10.8. The number of methoxy groups -OCH3 is 1. The second-order valence-electron chi connectivity index (χ2n) is 7.37. The van der Waals surface area contributed by atoms with E-state index in [-0.39, 0.29) is 5.91 Å². The van der Waals surface area contributed by atoms with Crippen molar-refractivity contribution in [1.29, 1.82) is 0 Å². The van der Waals surface area contributed by atoms with Crippen LogP contribution in [-0.2, 0) is 11.2 Å². The van der Waals surface area contributed by atoms with Gasteiger partial charge in [0.15, 0.2) is 0 Å². The lowest BCUT2D eigenvalue weighted by molar-refractivity contribution is 0.102. The maximum atomic E-state index is 12.7. The van der Waals surface area contributed by atoms with E-state index in [1.165, 1.54) is 11.3 Å². The molecule has 4 aromatic rings. The molecule has 0 aliphatic carbocycles. The molecular weight excluding hydrogens is 436 g/mol. The number of nitrogens with zero attached hydrogens (tertiary/aromatic N) is 3. The molecule has 0 bridgehead atoms. The molecule has 0 spiro atoms. The standard InChI is InChI=1S/C25H24N4O3S/c1-17-8-9-20(32-13-12-31-2)16-21(17)19-10-11-26-22(15-19)27-24(30)25-29-28-23(33-25)14-18-6-4-3-5-7-18/h3-11,15-16H,12-14H2,1-2H3,(H,26,27,30). The Bertz CT molecular complexity index is 1230. The molecule has 2 heterocycles. The summed E-state index contributed by atoms with van der Waals surface area (Å²) in [6.45, 7) is 3.03. The average molecular weight is 461 g/mol. The summed E-state index contributed by atoms with van der Waals surface area (Å²) in [7, 11) is 1.64. The van der Waals surface area contributed by atoms with Crippen LogP contribution in [0.3, 0.4) is 0 Å². The lowest BCUT2D eigenvalue weighted by Crippen LogP contribution is -2.12. The van der Waals surface area contributed by atoms with Crippen LogP contribution < -0.4 is 10.1 Å². The van der Waals surface area contributed by atoms with E-state index < -0.39 is 0 Å². The number of benzene rings is 2. The van der Waals surface area contributed by atoms with Gasteiger partial charge in [-0.15, -0.1) is 10.2 Å². The molecular formula is C25H24N4O3S. The normalized spacial score (nSPS) is 10.7. The quantitative estimate of drug-likeness (QED) is 0.362. The number of carbonyl (C=O) groups excluding carboxylic acids is 1. The first kappa shape index (κ1) is 22.6. The summed E-state index contributed by atoms with van der Waals surface area (Å²) in [4.78, 5) is 17.0. The minimum absolute atomic E-state index is 0.304. The molecule has 4 rings (SSSR count). The van der Waals surface area contributed by atoms with Gasteiger partial charge in [-0.05, 0) is 53.4 Å². The Morgan fingerprint density at radius 3 is 2.70 bits per heavy atom. The highest BCUT2D eigenvalue weighted by molar-refractivity contribution is 7.13. The van der Waals surface area contributed by atoms with Crippen LogP contribution in [0.15, 0.2) is 66.9 Å². The van der Waals surface area contributed by atoms with Gasteiger partial charge < -0.3 is 14.8 Å². The molecule has 0 atom stereocenters. The van der Waals surface area contributed by atoms with E-state index in [0.29, 0.717) is 30.5 Å². The molecule has 2 aromatic heterocycles. The third kappa shape index (κ3) is 6.00. The molecule has 0 unspecified atom stereocenters. The van der Waals surface area contributed by atoms with Crippen LogP contribution in [0.1, 0.15) is 25.9 Å². The van der Waals surface area contributed by atoms with Crippen molar-refractivity contribution >= 4 is 23.1 Å². The summed E-state index contributed by atoms with van der Waals surface area (Å²) in [6.07, 6.45) is 2.31. The van der Waals surface area contributed by atoms with Gasteiger partial charge in [-0.3, -0.25) is 4.79 Å². The van der Waals surface area contributed by atoms with Gasteiger partial charge in [-0.25, -0.2) is 4.98 Å². The van der Waals surface area contributed by atoms with Crippen molar-refractivity contribution in [3.8, 4) is 16.9 Å². The van der Waals surface area contributed by atoms with Crippen LogP contribution in [0.5, 0.6) is 5.75 Å². The zero-order valence-corrected chi connectivity index (χ0v) is 19.3. The third-order valence-corrected chi connectivity index (χ3v) is 5.86. The minimum Gasteiger partial charge on any atom is -0.491 e. The Labute approximate surface area is 196 Å². The van der Waals surface area contributed by atoms with Gasteiger partial charge >= 0.3 is 0 Å². The zero-order chi connectivity index (χ0) is 23.0. The Hall–Kier alpha value is -3.62. The number of rotatable bonds is 9. The predicted molar refractivity (Wildman–Crippen MR) is 129 cm³/mol. The van der Waals surface area contributed by atoms with Crippen LogP contribution in [0.4, 0.5) is 5.82 Å². The van der Waals surface area contributed by atoms with Gasteiger partial charge in [-0.1, -0.05) is 47.7 Å². The average Bonchev–Trinajstić information content (AvgIpc) is 3.30. The summed E-state index contributed by atoms with van der Waals surface area (Å²) >= 11 is 1.28. The Kier molecular flexibility index (Phi) is 7.39. The van der Waals surface area contributed by atoms with Gasteiger partial charge in [0.1, 0.15) is 23.2 Å². The molecule has 8 heteroatoms. The van der Waals surface area contributed by atoms with Crippen molar-refractivity contribution in [3.63, 3.8) is 0 Å². The molecule has 1 amide bonds. The molecule has 2 aromatic carbocycles. The molecule has 7 nitrogen and oxygen atoms in total. The highest BCUT2D eigenvalue weighted by Gasteiger charge is 2.15. The Morgan fingerprint density at radius 2 is 1.88 bits per heavy atom. The van der Waals surface area contributed by atoms with Gasteiger partial charge in [-0.2, -0.15) is 0 Å². The number of ether oxygens (including phenoxy) is 2. The first-order valence-electron chi connectivity index (χ1n) is 10.5. The Balaban J connectivity index is 1.46. The van der Waals surface area contributed by atoms with Crippen molar-refractivity contribution in [3.05, 3.63) is 88.0 Å². The molecule has 0 aliphatic rings. The van der Waals surface area contributed by atoms with Gasteiger partial charge in [0.05, 0.1) is 6.61 Å². The summed E-state index contributed by atoms with van der Waals surface area (Å²) < 4.78 is 10.8. The van der Waals surface area contributed by atoms with E-state index in [4.69, 9.17) is 9.47 Å². The van der Waals surface area contributed by atoms with E-state index >= 15 is 0 Å². The lowest BCUT2D eigenvalue weighted by atomic mass is 10.0. The number of nitrogens with one attached hydrogen (secondary N) is 1. The number of hydrogen-bond donors (Lipinski definition) is 1. The van der Waals surface area contributed by atoms with Crippen LogP contribution in [-0.4, -0.2) is 41.4 Å². The van der Waals surface area contributed by atoms with Gasteiger partial charge in [0, 0.05) is 19.7 Å². The van der Waals surface area contributed by atoms with Gasteiger partial charge in [0.25, 0.3) is 5.91 Å².